The number of nitrogens with one attached hydrogen (secondary N) is 1. The Balaban J connectivity index is 2.21. The zero-order valence-corrected chi connectivity index (χ0v) is 12.3. The Kier molecular flexibility index (Phi) is 3.41. The van der Waals surface area contributed by atoms with Crippen LogP contribution in [0.15, 0.2) is 30.3 Å². The monoisotopic (exact) mass is 327 g/mol. The first-order chi connectivity index (χ1) is 9.56. The number of aromatic amines is 1. The second kappa shape index (κ2) is 5.09. The lowest BCUT2D eigenvalue weighted by Gasteiger charge is -2.05. The number of nitrogens with two attached hydrogens (primary N) is 1. The highest BCUT2D eigenvalue weighted by molar-refractivity contribution is 7.19. The summed E-state index contributed by atoms with van der Waals surface area (Å²) >= 11 is 13.4. The van der Waals surface area contributed by atoms with E-state index >= 15 is 0 Å². The van der Waals surface area contributed by atoms with Crippen LogP contribution in [0.4, 0.5) is 10.2 Å². The molecule has 0 radical (unpaired) electrons. The molecule has 3 rings (SSSR count). The molecule has 0 aliphatic heterocycles. The number of halogens is 3. The van der Waals surface area contributed by atoms with Gasteiger partial charge in [-0.25, -0.2) is 4.39 Å². The Morgan fingerprint density at radius 3 is 2.65 bits per heavy atom. The van der Waals surface area contributed by atoms with E-state index in [0.29, 0.717) is 27.0 Å². The van der Waals surface area contributed by atoms with Gasteiger partial charge in [0.25, 0.3) is 0 Å². The molecule has 20 heavy (non-hydrogen) atoms. The highest BCUT2D eigenvalue weighted by Gasteiger charge is 2.18. The summed E-state index contributed by atoms with van der Waals surface area (Å²) in [5.41, 5.74) is 7.89. The third-order valence-corrected chi connectivity index (χ3v) is 4.38. The second-order valence-corrected chi connectivity index (χ2v) is 6.21. The van der Waals surface area contributed by atoms with E-state index in [4.69, 9.17) is 28.9 Å². The predicted molar refractivity (Wildman–Crippen MR) is 81.7 cm³/mol. The summed E-state index contributed by atoms with van der Waals surface area (Å²) in [5.74, 6) is -0.0976. The summed E-state index contributed by atoms with van der Waals surface area (Å²) in [4.78, 5) is 0.884. The van der Waals surface area contributed by atoms with Crippen LogP contribution in [-0.4, -0.2) is 10.2 Å². The number of benzene rings is 1. The van der Waals surface area contributed by atoms with E-state index < -0.39 is 5.82 Å². The highest BCUT2D eigenvalue weighted by Crippen LogP contribution is 2.41. The molecule has 7 heteroatoms. The zero-order valence-electron chi connectivity index (χ0n) is 9.95. The minimum Gasteiger partial charge on any atom is -0.382 e. The largest absolute Gasteiger partial charge is 0.382 e. The van der Waals surface area contributed by atoms with E-state index in [1.807, 2.05) is 6.07 Å². The van der Waals surface area contributed by atoms with Crippen molar-refractivity contribution in [3.63, 3.8) is 0 Å². The summed E-state index contributed by atoms with van der Waals surface area (Å²) in [7, 11) is 0. The van der Waals surface area contributed by atoms with Crippen molar-refractivity contribution < 1.29 is 4.39 Å². The number of nitrogens with zero attached hydrogens (tertiary/aromatic N) is 1. The maximum atomic E-state index is 13.2. The van der Waals surface area contributed by atoms with Gasteiger partial charge in [-0.05, 0) is 30.3 Å². The van der Waals surface area contributed by atoms with Gasteiger partial charge in [-0.15, -0.1) is 11.3 Å². The first kappa shape index (κ1) is 13.4. The molecule has 0 saturated heterocycles. The van der Waals surface area contributed by atoms with Gasteiger partial charge in [0.1, 0.15) is 5.82 Å². The van der Waals surface area contributed by atoms with Crippen LogP contribution in [0.1, 0.15) is 0 Å². The molecule has 2 heterocycles. The number of hydrogen-bond acceptors (Lipinski definition) is 3. The molecule has 1 aromatic carbocycles. The smallest absolute Gasteiger partial charge is 0.153 e. The first-order valence-corrected chi connectivity index (χ1v) is 7.18. The molecule has 3 aromatic rings. The fourth-order valence-corrected chi connectivity index (χ4v) is 3.25. The molecule has 0 bridgehead atoms. The molecule has 0 saturated carbocycles. The Hall–Kier alpha value is -1.56. The maximum absolute atomic E-state index is 13.2. The van der Waals surface area contributed by atoms with Crippen LogP contribution in [0.5, 0.6) is 0 Å². The van der Waals surface area contributed by atoms with Gasteiger partial charge >= 0.3 is 0 Å². The molecule has 3 N–H and O–H groups in total. The lowest BCUT2D eigenvalue weighted by Crippen LogP contribution is -1.89. The number of H-pyrrole nitrogens is 1. The molecule has 0 aliphatic carbocycles. The Labute approximate surface area is 128 Å². The summed E-state index contributed by atoms with van der Waals surface area (Å²) in [6.45, 7) is 0. The Bertz CT molecular complexity index is 782. The van der Waals surface area contributed by atoms with Crippen molar-refractivity contribution in [2.75, 3.05) is 5.73 Å². The van der Waals surface area contributed by atoms with E-state index in [-0.39, 0.29) is 5.02 Å². The first-order valence-electron chi connectivity index (χ1n) is 5.61. The average Bonchev–Trinajstić information content (AvgIpc) is 2.96. The molecule has 0 aliphatic rings. The molecular formula is C13H8Cl2FN3S. The van der Waals surface area contributed by atoms with Crippen molar-refractivity contribution in [2.24, 2.45) is 0 Å². The number of thiophene rings is 1. The zero-order chi connectivity index (χ0) is 14.3. The minimum absolute atomic E-state index is 0.280. The van der Waals surface area contributed by atoms with Gasteiger partial charge in [0, 0.05) is 5.56 Å². The third kappa shape index (κ3) is 2.28. The molecule has 102 valence electrons. The SMILES string of the molecule is Nc1n[nH]c(-c2ccc(Cl)s2)c1-c1ccc(F)cc1Cl. The number of rotatable bonds is 2. The summed E-state index contributed by atoms with van der Waals surface area (Å²) < 4.78 is 13.8. The molecule has 0 fully saturated rings. The highest BCUT2D eigenvalue weighted by atomic mass is 35.5. The van der Waals surface area contributed by atoms with E-state index in [2.05, 4.69) is 10.2 Å². The van der Waals surface area contributed by atoms with Gasteiger partial charge in [0.15, 0.2) is 5.82 Å². The topological polar surface area (TPSA) is 54.7 Å². The van der Waals surface area contributed by atoms with Crippen LogP contribution in [0.3, 0.4) is 0 Å². The lowest BCUT2D eigenvalue weighted by molar-refractivity contribution is 0.628. The second-order valence-electron chi connectivity index (χ2n) is 4.09. The van der Waals surface area contributed by atoms with Crippen LogP contribution >= 0.6 is 34.5 Å². The molecule has 0 spiro atoms. The van der Waals surface area contributed by atoms with Crippen LogP contribution in [0.25, 0.3) is 21.7 Å². The van der Waals surface area contributed by atoms with Crippen molar-refractivity contribution in [3.8, 4) is 21.7 Å². The molecule has 3 nitrogen and oxygen atoms in total. The number of nitrogen functional groups attached to an aromatic ring is 1. The van der Waals surface area contributed by atoms with Gasteiger partial charge in [-0.3, -0.25) is 5.10 Å². The van der Waals surface area contributed by atoms with Gasteiger partial charge in [0.05, 0.1) is 25.5 Å². The van der Waals surface area contributed by atoms with Gasteiger partial charge in [-0.2, -0.15) is 5.10 Å². The van der Waals surface area contributed by atoms with Crippen LogP contribution in [0, 0.1) is 5.82 Å². The fraction of sp³-hybridized carbons (Fsp3) is 0. The van der Waals surface area contributed by atoms with Gasteiger partial charge in [-0.1, -0.05) is 23.2 Å². The van der Waals surface area contributed by atoms with E-state index in [1.54, 1.807) is 12.1 Å². The van der Waals surface area contributed by atoms with Crippen LogP contribution in [-0.2, 0) is 0 Å². The van der Waals surface area contributed by atoms with E-state index in [0.717, 1.165) is 4.88 Å². The van der Waals surface area contributed by atoms with Gasteiger partial charge in [0.2, 0.25) is 0 Å². The summed E-state index contributed by atoms with van der Waals surface area (Å²) in [6.07, 6.45) is 0. The Morgan fingerprint density at radius 2 is 2.00 bits per heavy atom. The average molecular weight is 328 g/mol. The van der Waals surface area contributed by atoms with Crippen molar-refractivity contribution in [1.82, 2.24) is 10.2 Å². The van der Waals surface area contributed by atoms with Gasteiger partial charge < -0.3 is 5.73 Å². The van der Waals surface area contributed by atoms with Crippen LogP contribution < -0.4 is 5.73 Å². The van der Waals surface area contributed by atoms with Crippen molar-refractivity contribution in [1.29, 1.82) is 0 Å². The Morgan fingerprint density at radius 1 is 1.20 bits per heavy atom. The lowest BCUT2D eigenvalue weighted by atomic mass is 10.0. The third-order valence-electron chi connectivity index (χ3n) is 2.81. The standard InChI is InChI=1S/C13H8Cl2FN3S/c14-8-5-6(16)1-2-7(8)11-12(18-19-13(11)17)9-3-4-10(15)20-9/h1-5H,(H3,17,18,19). The quantitative estimate of drug-likeness (QED) is 0.708. The fourth-order valence-electron chi connectivity index (χ4n) is 1.95. The predicted octanol–water partition coefficient (Wildman–Crippen LogP) is 4.83. The molecular weight excluding hydrogens is 320 g/mol. The minimum atomic E-state index is -0.401. The number of anilines is 1. The van der Waals surface area contributed by atoms with Crippen molar-refractivity contribution >= 4 is 40.4 Å². The van der Waals surface area contributed by atoms with Crippen LogP contribution in [0.2, 0.25) is 9.36 Å². The van der Waals surface area contributed by atoms with E-state index in [1.165, 1.54) is 23.5 Å². The summed E-state index contributed by atoms with van der Waals surface area (Å²) in [5, 5.41) is 7.15. The molecule has 2 aromatic heterocycles. The molecule has 0 atom stereocenters. The number of hydrogen-bond donors (Lipinski definition) is 2. The van der Waals surface area contributed by atoms with Crippen molar-refractivity contribution in [2.45, 2.75) is 0 Å². The van der Waals surface area contributed by atoms with Crippen molar-refractivity contribution in [3.05, 3.63) is 45.5 Å². The summed E-state index contributed by atoms with van der Waals surface area (Å²) in [6, 6.07) is 7.81. The molecule has 0 amide bonds. The number of aromatic nitrogens is 2. The van der Waals surface area contributed by atoms with E-state index in [9.17, 15) is 4.39 Å². The molecule has 0 unspecified atom stereocenters. The normalized spacial score (nSPS) is 10.9. The maximum Gasteiger partial charge on any atom is 0.153 e.